The van der Waals surface area contributed by atoms with E-state index in [2.05, 4.69) is 27.2 Å². The lowest BCUT2D eigenvalue weighted by molar-refractivity contribution is -0.116. The van der Waals surface area contributed by atoms with Crippen LogP contribution in [0.3, 0.4) is 0 Å². The molecule has 2 aromatic carbocycles. The molecule has 9 heteroatoms. The molecule has 3 N–H and O–H groups in total. The minimum atomic E-state index is -3.73. The largest absolute Gasteiger partial charge is 0.326 e. The lowest BCUT2D eigenvalue weighted by Crippen LogP contribution is -2.32. The van der Waals surface area contributed by atoms with Crippen molar-refractivity contribution in [2.24, 2.45) is 5.14 Å². The van der Waals surface area contributed by atoms with Crippen LogP contribution < -0.4 is 10.5 Å². The molecule has 0 spiro atoms. The Labute approximate surface area is 182 Å². The molecule has 7 nitrogen and oxygen atoms in total. The summed E-state index contributed by atoms with van der Waals surface area (Å²) in [6.07, 6.45) is 1.44. The summed E-state index contributed by atoms with van der Waals surface area (Å²) in [6, 6.07) is 13.8. The SMILES string of the molecule is NS(=O)(=O)c1ccc(NC(=O)CCN2CCCN(Cc3ccc(Cl)cc3)CC2)cc1. The van der Waals surface area contributed by atoms with Crippen molar-refractivity contribution in [2.75, 3.05) is 38.0 Å². The number of nitrogens with one attached hydrogen (secondary N) is 1. The number of benzene rings is 2. The molecule has 0 atom stereocenters. The number of anilines is 1. The molecule has 3 rings (SSSR count). The number of nitrogens with two attached hydrogens (primary N) is 1. The fourth-order valence-electron chi connectivity index (χ4n) is 3.47. The van der Waals surface area contributed by atoms with Crippen molar-refractivity contribution in [3.05, 3.63) is 59.1 Å². The zero-order valence-electron chi connectivity index (χ0n) is 16.8. The fourth-order valence-corrected chi connectivity index (χ4v) is 4.11. The van der Waals surface area contributed by atoms with E-state index in [1.165, 1.54) is 29.8 Å². The number of amides is 1. The molecule has 1 heterocycles. The van der Waals surface area contributed by atoms with Gasteiger partial charge in [0.25, 0.3) is 0 Å². The second-order valence-corrected chi connectivity index (χ2v) is 9.46. The number of hydrogen-bond acceptors (Lipinski definition) is 5. The molecule has 30 heavy (non-hydrogen) atoms. The van der Waals surface area contributed by atoms with E-state index in [9.17, 15) is 13.2 Å². The van der Waals surface area contributed by atoms with Gasteiger partial charge in [-0.3, -0.25) is 9.69 Å². The predicted molar refractivity (Wildman–Crippen MR) is 119 cm³/mol. The molecule has 1 aliphatic rings. The number of carbonyl (C=O) groups excluding carboxylic acids is 1. The topological polar surface area (TPSA) is 95.7 Å². The Hall–Kier alpha value is -1.97. The number of carbonyl (C=O) groups is 1. The summed E-state index contributed by atoms with van der Waals surface area (Å²) in [7, 11) is -3.73. The fraction of sp³-hybridized carbons (Fsp3) is 0.381. The number of nitrogens with zero attached hydrogens (tertiary/aromatic N) is 2. The van der Waals surface area contributed by atoms with Crippen molar-refractivity contribution in [1.82, 2.24) is 9.80 Å². The molecule has 162 valence electrons. The second kappa shape index (κ2) is 10.4. The first-order valence-electron chi connectivity index (χ1n) is 9.91. The maximum atomic E-state index is 12.3. The van der Waals surface area contributed by atoms with Gasteiger partial charge < -0.3 is 10.2 Å². The highest BCUT2D eigenvalue weighted by molar-refractivity contribution is 7.89. The average molecular weight is 451 g/mol. The van der Waals surface area contributed by atoms with Gasteiger partial charge in [0.1, 0.15) is 0 Å². The Morgan fingerprint density at radius 3 is 2.27 bits per heavy atom. The Bertz CT molecular complexity index is 949. The number of rotatable bonds is 7. The zero-order valence-corrected chi connectivity index (χ0v) is 18.3. The standard InChI is InChI=1S/C21H27ClN4O3S/c22-18-4-2-17(3-5-18)16-26-12-1-11-25(14-15-26)13-10-21(27)24-19-6-8-20(9-7-19)30(23,28)29/h2-9H,1,10-16H2,(H,24,27)(H2,23,28,29). The van der Waals surface area contributed by atoms with Gasteiger partial charge in [0.05, 0.1) is 4.90 Å². The summed E-state index contributed by atoms with van der Waals surface area (Å²) in [6.45, 7) is 5.47. The van der Waals surface area contributed by atoms with Gasteiger partial charge in [-0.2, -0.15) is 0 Å². The van der Waals surface area contributed by atoms with Gasteiger partial charge in [-0.05, 0) is 61.5 Å². The third kappa shape index (κ3) is 7.07. The van der Waals surface area contributed by atoms with Crippen LogP contribution in [0.5, 0.6) is 0 Å². The van der Waals surface area contributed by atoms with Crippen LogP contribution in [-0.4, -0.2) is 56.8 Å². The van der Waals surface area contributed by atoms with E-state index >= 15 is 0 Å². The van der Waals surface area contributed by atoms with Gasteiger partial charge in [-0.1, -0.05) is 23.7 Å². The molecular formula is C21H27ClN4O3S. The van der Waals surface area contributed by atoms with Crippen molar-refractivity contribution < 1.29 is 13.2 Å². The smallest absolute Gasteiger partial charge is 0.238 e. The normalized spacial score (nSPS) is 16.2. The van der Waals surface area contributed by atoms with E-state index in [-0.39, 0.29) is 10.8 Å². The Kier molecular flexibility index (Phi) is 7.85. The molecule has 0 bridgehead atoms. The lowest BCUT2D eigenvalue weighted by atomic mass is 10.2. The van der Waals surface area contributed by atoms with Crippen LogP contribution in [-0.2, 0) is 21.4 Å². The highest BCUT2D eigenvalue weighted by Crippen LogP contribution is 2.15. The molecule has 1 amide bonds. The zero-order chi connectivity index (χ0) is 21.6. The van der Waals surface area contributed by atoms with Gasteiger partial charge in [0.2, 0.25) is 15.9 Å². The number of primary sulfonamides is 1. The van der Waals surface area contributed by atoms with Gasteiger partial charge in [0.15, 0.2) is 0 Å². The average Bonchev–Trinajstić information content (AvgIpc) is 2.93. The van der Waals surface area contributed by atoms with Crippen LogP contribution in [0.15, 0.2) is 53.4 Å². The molecule has 2 aromatic rings. The summed E-state index contributed by atoms with van der Waals surface area (Å²) >= 11 is 5.95. The van der Waals surface area contributed by atoms with Gasteiger partial charge in [0, 0.05) is 43.3 Å². The van der Waals surface area contributed by atoms with Crippen molar-refractivity contribution in [2.45, 2.75) is 24.3 Å². The van der Waals surface area contributed by atoms with Gasteiger partial charge in [-0.25, -0.2) is 13.6 Å². The molecule has 0 unspecified atom stereocenters. The summed E-state index contributed by atoms with van der Waals surface area (Å²) in [5.74, 6) is -0.0966. The maximum Gasteiger partial charge on any atom is 0.238 e. The van der Waals surface area contributed by atoms with Crippen LogP contribution in [0.2, 0.25) is 5.02 Å². The van der Waals surface area contributed by atoms with E-state index in [0.717, 1.165) is 44.2 Å². The molecule has 1 aliphatic heterocycles. The van der Waals surface area contributed by atoms with Gasteiger partial charge in [-0.15, -0.1) is 0 Å². The van der Waals surface area contributed by atoms with E-state index in [1.54, 1.807) is 0 Å². The third-order valence-electron chi connectivity index (χ3n) is 5.12. The van der Waals surface area contributed by atoms with Crippen LogP contribution >= 0.6 is 11.6 Å². The van der Waals surface area contributed by atoms with Crippen molar-refractivity contribution in [3.63, 3.8) is 0 Å². The Balaban J connectivity index is 1.42. The summed E-state index contributed by atoms with van der Waals surface area (Å²) in [4.78, 5) is 17.0. The molecule has 0 radical (unpaired) electrons. The molecule has 1 saturated heterocycles. The van der Waals surface area contributed by atoms with Crippen molar-refractivity contribution >= 4 is 33.2 Å². The minimum absolute atomic E-state index is 0.0215. The second-order valence-electron chi connectivity index (χ2n) is 7.47. The molecular weight excluding hydrogens is 424 g/mol. The number of sulfonamides is 1. The lowest BCUT2D eigenvalue weighted by Gasteiger charge is -2.21. The van der Waals surface area contributed by atoms with E-state index in [0.29, 0.717) is 18.7 Å². The molecule has 0 aliphatic carbocycles. The molecule has 0 aromatic heterocycles. The molecule has 1 fully saturated rings. The van der Waals surface area contributed by atoms with Crippen LogP contribution in [0.25, 0.3) is 0 Å². The van der Waals surface area contributed by atoms with Crippen molar-refractivity contribution in [3.8, 4) is 0 Å². The van der Waals surface area contributed by atoms with E-state index in [1.807, 2.05) is 12.1 Å². The van der Waals surface area contributed by atoms with Gasteiger partial charge >= 0.3 is 0 Å². The van der Waals surface area contributed by atoms with Crippen LogP contribution in [0, 0.1) is 0 Å². The highest BCUT2D eigenvalue weighted by Gasteiger charge is 2.16. The van der Waals surface area contributed by atoms with Crippen molar-refractivity contribution in [1.29, 1.82) is 0 Å². The Morgan fingerprint density at radius 2 is 1.60 bits per heavy atom. The quantitative estimate of drug-likeness (QED) is 0.675. The monoisotopic (exact) mass is 450 g/mol. The highest BCUT2D eigenvalue weighted by atomic mass is 35.5. The first-order chi connectivity index (χ1) is 14.3. The minimum Gasteiger partial charge on any atom is -0.326 e. The van der Waals surface area contributed by atoms with Crippen LogP contribution in [0.1, 0.15) is 18.4 Å². The maximum absolute atomic E-state index is 12.3. The summed E-state index contributed by atoms with van der Waals surface area (Å²) in [5, 5.41) is 8.63. The number of halogens is 1. The molecule has 0 saturated carbocycles. The Morgan fingerprint density at radius 1 is 0.967 bits per heavy atom. The van der Waals surface area contributed by atoms with E-state index < -0.39 is 10.0 Å². The predicted octanol–water partition coefficient (Wildman–Crippen LogP) is 2.52. The van der Waals surface area contributed by atoms with E-state index in [4.69, 9.17) is 16.7 Å². The summed E-state index contributed by atoms with van der Waals surface area (Å²) < 4.78 is 22.6. The summed E-state index contributed by atoms with van der Waals surface area (Å²) in [5.41, 5.74) is 1.80. The first kappa shape index (κ1) is 22.7. The number of hydrogen-bond donors (Lipinski definition) is 2. The first-order valence-corrected chi connectivity index (χ1v) is 11.8. The van der Waals surface area contributed by atoms with Crippen LogP contribution in [0.4, 0.5) is 5.69 Å². The third-order valence-corrected chi connectivity index (χ3v) is 6.30.